The first kappa shape index (κ1) is 18.0. The molecule has 3 rings (SSSR count). The number of imide groups is 1. The molecule has 2 fully saturated rings. The van der Waals surface area contributed by atoms with Gasteiger partial charge >= 0.3 is 6.03 Å². The van der Waals surface area contributed by atoms with Crippen molar-refractivity contribution < 1.29 is 9.59 Å². The molecule has 0 unspecified atom stereocenters. The molecule has 1 aromatic rings. The molecule has 9 heteroatoms. The van der Waals surface area contributed by atoms with Crippen LogP contribution in [0.1, 0.15) is 45.6 Å². The lowest BCUT2D eigenvalue weighted by Crippen LogP contribution is -2.41. The number of amides is 3. The highest BCUT2D eigenvalue weighted by Gasteiger charge is 2.33. The SMILES string of the molecule is CNC(=O)NC(=O)[C@H](C)Sc1nnc(N2CCC(C)CC2)n1C1CC1. The number of nitrogens with one attached hydrogen (secondary N) is 2. The van der Waals surface area contributed by atoms with Gasteiger partial charge in [0.05, 0.1) is 5.25 Å². The molecule has 1 saturated heterocycles. The topological polar surface area (TPSA) is 92.2 Å². The van der Waals surface area contributed by atoms with Crippen LogP contribution in [0.3, 0.4) is 0 Å². The van der Waals surface area contributed by atoms with Gasteiger partial charge in [-0.3, -0.25) is 14.7 Å². The predicted molar refractivity (Wildman–Crippen MR) is 96.8 cm³/mol. The van der Waals surface area contributed by atoms with E-state index in [2.05, 4.69) is 37.2 Å². The van der Waals surface area contributed by atoms with E-state index in [1.165, 1.54) is 31.7 Å². The van der Waals surface area contributed by atoms with Crippen LogP contribution in [0.4, 0.5) is 10.7 Å². The Labute approximate surface area is 152 Å². The zero-order valence-electron chi connectivity index (χ0n) is 15.0. The summed E-state index contributed by atoms with van der Waals surface area (Å²) >= 11 is 1.36. The van der Waals surface area contributed by atoms with Crippen molar-refractivity contribution in [2.75, 3.05) is 25.0 Å². The lowest BCUT2D eigenvalue weighted by Gasteiger charge is -2.31. The van der Waals surface area contributed by atoms with Gasteiger partial charge in [0.2, 0.25) is 11.9 Å². The normalized spacial score (nSPS) is 19.6. The van der Waals surface area contributed by atoms with Crippen LogP contribution >= 0.6 is 11.8 Å². The second-order valence-electron chi connectivity index (χ2n) is 6.88. The van der Waals surface area contributed by atoms with E-state index in [0.29, 0.717) is 6.04 Å². The molecule has 1 aromatic heterocycles. The Morgan fingerprint density at radius 2 is 1.88 bits per heavy atom. The van der Waals surface area contributed by atoms with Gasteiger partial charge in [0, 0.05) is 26.2 Å². The standard InChI is InChI=1S/C16H26N6O2S/c1-10-6-8-21(9-7-10)15-19-20-16(22(15)12-4-5-12)25-11(2)13(23)18-14(24)17-3/h10-12H,4-9H2,1-3H3,(H2,17,18,23,24)/t11-/m0/s1. The fourth-order valence-electron chi connectivity index (χ4n) is 2.91. The number of hydrogen-bond donors (Lipinski definition) is 2. The van der Waals surface area contributed by atoms with Crippen LogP contribution in [-0.2, 0) is 4.79 Å². The molecule has 25 heavy (non-hydrogen) atoms. The molecule has 1 aliphatic carbocycles. The van der Waals surface area contributed by atoms with E-state index in [0.717, 1.165) is 43.0 Å². The maximum Gasteiger partial charge on any atom is 0.321 e. The number of carbonyl (C=O) groups is 2. The molecule has 1 aliphatic heterocycles. The van der Waals surface area contributed by atoms with Gasteiger partial charge in [-0.05, 0) is 38.5 Å². The van der Waals surface area contributed by atoms with Crippen molar-refractivity contribution >= 4 is 29.6 Å². The molecule has 2 aliphatic rings. The number of piperidine rings is 1. The minimum absolute atomic E-state index is 0.331. The number of aromatic nitrogens is 3. The van der Waals surface area contributed by atoms with E-state index in [1.54, 1.807) is 6.92 Å². The Hall–Kier alpha value is -1.77. The Bertz CT molecular complexity index is 637. The largest absolute Gasteiger partial charge is 0.341 e. The van der Waals surface area contributed by atoms with Crippen molar-refractivity contribution in [1.82, 2.24) is 25.4 Å². The van der Waals surface area contributed by atoms with E-state index in [9.17, 15) is 9.59 Å². The summed E-state index contributed by atoms with van der Waals surface area (Å²) in [6.07, 6.45) is 4.60. The van der Waals surface area contributed by atoms with Crippen LogP contribution < -0.4 is 15.5 Å². The van der Waals surface area contributed by atoms with E-state index < -0.39 is 11.3 Å². The van der Waals surface area contributed by atoms with Gasteiger partial charge in [-0.2, -0.15) is 0 Å². The fourth-order valence-corrected chi connectivity index (χ4v) is 3.83. The van der Waals surface area contributed by atoms with Gasteiger partial charge in [0.15, 0.2) is 5.16 Å². The molecule has 0 radical (unpaired) electrons. The van der Waals surface area contributed by atoms with Crippen molar-refractivity contribution in [3.8, 4) is 0 Å². The molecular formula is C16H26N6O2S. The Morgan fingerprint density at radius 1 is 1.20 bits per heavy atom. The van der Waals surface area contributed by atoms with Crippen LogP contribution in [0.25, 0.3) is 0 Å². The minimum atomic E-state index is -0.496. The summed E-state index contributed by atoms with van der Waals surface area (Å²) in [5.41, 5.74) is 0. The smallest absolute Gasteiger partial charge is 0.321 e. The van der Waals surface area contributed by atoms with Gasteiger partial charge in [-0.15, -0.1) is 10.2 Å². The highest BCUT2D eigenvalue weighted by Crippen LogP contribution is 2.42. The van der Waals surface area contributed by atoms with Crippen LogP contribution in [0.2, 0.25) is 0 Å². The van der Waals surface area contributed by atoms with Gasteiger partial charge < -0.3 is 10.2 Å². The summed E-state index contributed by atoms with van der Waals surface area (Å²) in [4.78, 5) is 25.7. The summed E-state index contributed by atoms with van der Waals surface area (Å²) in [6.45, 7) is 6.07. The van der Waals surface area contributed by atoms with Crippen molar-refractivity contribution in [1.29, 1.82) is 0 Å². The molecule has 0 aromatic carbocycles. The van der Waals surface area contributed by atoms with Gasteiger partial charge in [-0.1, -0.05) is 18.7 Å². The summed E-state index contributed by atoms with van der Waals surface area (Å²) in [7, 11) is 1.48. The first-order valence-electron chi connectivity index (χ1n) is 8.88. The zero-order chi connectivity index (χ0) is 18.0. The molecule has 2 N–H and O–H groups in total. The lowest BCUT2D eigenvalue weighted by molar-refractivity contribution is -0.119. The van der Waals surface area contributed by atoms with Crippen LogP contribution in [0.15, 0.2) is 5.16 Å². The number of anilines is 1. The molecule has 8 nitrogen and oxygen atoms in total. The van der Waals surface area contributed by atoms with Crippen molar-refractivity contribution in [3.05, 3.63) is 0 Å². The minimum Gasteiger partial charge on any atom is -0.341 e. The van der Waals surface area contributed by atoms with Gasteiger partial charge in [0.25, 0.3) is 0 Å². The van der Waals surface area contributed by atoms with E-state index in [4.69, 9.17) is 0 Å². The highest BCUT2D eigenvalue weighted by atomic mass is 32.2. The molecule has 2 heterocycles. The summed E-state index contributed by atoms with van der Waals surface area (Å²) in [6, 6.07) is -0.0645. The van der Waals surface area contributed by atoms with Crippen LogP contribution in [-0.4, -0.2) is 52.1 Å². The summed E-state index contributed by atoms with van der Waals surface area (Å²) in [5.74, 6) is 1.36. The van der Waals surface area contributed by atoms with E-state index in [1.807, 2.05) is 0 Å². The van der Waals surface area contributed by atoms with Gasteiger partial charge in [0.1, 0.15) is 0 Å². The first-order valence-corrected chi connectivity index (χ1v) is 9.76. The Morgan fingerprint density at radius 3 is 2.48 bits per heavy atom. The maximum atomic E-state index is 12.1. The number of rotatable bonds is 5. The third-order valence-electron chi connectivity index (χ3n) is 4.74. The molecule has 1 atom stereocenters. The number of nitrogens with zero attached hydrogens (tertiary/aromatic N) is 4. The van der Waals surface area contributed by atoms with Crippen LogP contribution in [0.5, 0.6) is 0 Å². The van der Waals surface area contributed by atoms with E-state index in [-0.39, 0.29) is 5.91 Å². The predicted octanol–water partition coefficient (Wildman–Crippen LogP) is 1.79. The Balaban J connectivity index is 1.71. The number of urea groups is 1. The molecular weight excluding hydrogens is 340 g/mol. The van der Waals surface area contributed by atoms with Crippen LogP contribution in [0, 0.1) is 5.92 Å². The quantitative estimate of drug-likeness (QED) is 0.772. The highest BCUT2D eigenvalue weighted by molar-refractivity contribution is 8.00. The van der Waals surface area contributed by atoms with E-state index >= 15 is 0 Å². The lowest BCUT2D eigenvalue weighted by atomic mass is 10.00. The molecule has 3 amide bonds. The average molecular weight is 366 g/mol. The van der Waals surface area contributed by atoms with Gasteiger partial charge in [-0.25, -0.2) is 4.79 Å². The number of carbonyl (C=O) groups excluding carboxylic acids is 2. The molecule has 0 bridgehead atoms. The Kier molecular flexibility index (Phi) is 5.51. The second-order valence-corrected chi connectivity index (χ2v) is 8.19. The summed E-state index contributed by atoms with van der Waals surface area (Å²) in [5, 5.41) is 13.8. The second kappa shape index (κ2) is 7.63. The van der Waals surface area contributed by atoms with Crippen molar-refractivity contribution in [2.45, 2.75) is 56.0 Å². The first-order chi connectivity index (χ1) is 12.0. The zero-order valence-corrected chi connectivity index (χ0v) is 15.8. The maximum absolute atomic E-state index is 12.1. The average Bonchev–Trinajstić information content (AvgIpc) is 3.36. The summed E-state index contributed by atoms with van der Waals surface area (Å²) < 4.78 is 2.18. The number of thioether (sulfide) groups is 1. The monoisotopic (exact) mass is 366 g/mol. The third kappa shape index (κ3) is 4.26. The van der Waals surface area contributed by atoms with Crippen molar-refractivity contribution in [2.24, 2.45) is 5.92 Å². The molecule has 138 valence electrons. The third-order valence-corrected chi connectivity index (χ3v) is 5.80. The number of hydrogen-bond acceptors (Lipinski definition) is 6. The fraction of sp³-hybridized carbons (Fsp3) is 0.750. The molecule has 1 saturated carbocycles. The molecule has 0 spiro atoms. The van der Waals surface area contributed by atoms with Crippen molar-refractivity contribution in [3.63, 3.8) is 0 Å².